The molecule has 0 radical (unpaired) electrons. The van der Waals surface area contributed by atoms with E-state index in [1.165, 1.54) is 11.1 Å². The van der Waals surface area contributed by atoms with E-state index in [4.69, 9.17) is 0 Å². The Labute approximate surface area is 103 Å². The predicted molar refractivity (Wildman–Crippen MR) is 67.6 cm³/mol. The van der Waals surface area contributed by atoms with Crippen molar-refractivity contribution < 1.29 is 9.59 Å². The molecule has 2 nitrogen and oxygen atoms in total. The number of carbonyl (C=O) groups is 2. The predicted octanol–water partition coefficient (Wildman–Crippen LogP) is 3.23. The van der Waals surface area contributed by atoms with E-state index in [1.54, 1.807) is 13.8 Å². The second-order valence-electron chi connectivity index (χ2n) is 5.31. The molecule has 0 heterocycles. The van der Waals surface area contributed by atoms with Gasteiger partial charge in [0.15, 0.2) is 11.6 Å². The number of allylic oxidation sites excluding steroid dienone is 4. The monoisotopic (exact) mass is 232 g/mol. The zero-order valence-electron chi connectivity index (χ0n) is 11.1. The molecule has 1 fully saturated rings. The van der Waals surface area contributed by atoms with Crippen LogP contribution in [-0.2, 0) is 9.59 Å². The van der Waals surface area contributed by atoms with Crippen molar-refractivity contribution in [1.29, 1.82) is 0 Å². The lowest BCUT2D eigenvalue weighted by atomic mass is 9.72. The first kappa shape index (κ1) is 12.3. The first-order valence-corrected chi connectivity index (χ1v) is 6.40. The van der Waals surface area contributed by atoms with Gasteiger partial charge in [-0.25, -0.2) is 0 Å². The van der Waals surface area contributed by atoms with E-state index in [9.17, 15) is 9.59 Å². The molecule has 0 saturated heterocycles. The molecular weight excluding hydrogens is 212 g/mol. The zero-order valence-corrected chi connectivity index (χ0v) is 11.1. The lowest BCUT2D eigenvalue weighted by molar-refractivity contribution is -0.114. The number of rotatable bonds is 2. The minimum Gasteiger partial charge on any atom is -0.295 e. The van der Waals surface area contributed by atoms with E-state index >= 15 is 0 Å². The lowest BCUT2D eigenvalue weighted by Crippen LogP contribution is -2.25. The molecule has 2 heteroatoms. The Hall–Kier alpha value is -1.18. The van der Waals surface area contributed by atoms with Crippen molar-refractivity contribution in [2.75, 3.05) is 0 Å². The summed E-state index contributed by atoms with van der Waals surface area (Å²) in [6, 6.07) is 0. The van der Waals surface area contributed by atoms with Gasteiger partial charge in [-0.2, -0.15) is 0 Å². The fourth-order valence-electron chi connectivity index (χ4n) is 3.71. The molecule has 2 aliphatic carbocycles. The average Bonchev–Trinajstić information content (AvgIpc) is 2.65. The molecule has 2 unspecified atom stereocenters. The van der Waals surface area contributed by atoms with Gasteiger partial charge in [0.2, 0.25) is 0 Å². The molecule has 0 bridgehead atoms. The summed E-state index contributed by atoms with van der Waals surface area (Å²) in [7, 11) is 0. The van der Waals surface area contributed by atoms with Gasteiger partial charge in [0.1, 0.15) is 0 Å². The molecule has 2 rings (SSSR count). The van der Waals surface area contributed by atoms with E-state index in [0.29, 0.717) is 5.92 Å². The normalized spacial score (nSPS) is 28.5. The maximum Gasteiger partial charge on any atom is 0.156 e. The van der Waals surface area contributed by atoms with Gasteiger partial charge in [-0.3, -0.25) is 9.59 Å². The van der Waals surface area contributed by atoms with Crippen LogP contribution in [0.3, 0.4) is 0 Å². The fourth-order valence-corrected chi connectivity index (χ4v) is 3.71. The largest absolute Gasteiger partial charge is 0.295 e. The molecule has 0 aromatic rings. The van der Waals surface area contributed by atoms with Crippen LogP contribution < -0.4 is 0 Å². The summed E-state index contributed by atoms with van der Waals surface area (Å²) in [6.07, 6.45) is 3.28. The van der Waals surface area contributed by atoms with Crippen LogP contribution in [0.2, 0.25) is 0 Å². The summed E-state index contributed by atoms with van der Waals surface area (Å²) in [5.74, 6) is 0.628. The molecular formula is C15H20O2. The Balaban J connectivity index is 2.58. The van der Waals surface area contributed by atoms with E-state index in [1.807, 2.05) is 6.92 Å². The van der Waals surface area contributed by atoms with Gasteiger partial charge in [-0.1, -0.05) is 18.1 Å². The first-order valence-electron chi connectivity index (χ1n) is 6.40. The van der Waals surface area contributed by atoms with Gasteiger partial charge < -0.3 is 0 Å². The Morgan fingerprint density at radius 3 is 2.24 bits per heavy atom. The van der Waals surface area contributed by atoms with Crippen LogP contribution in [0.1, 0.15) is 47.0 Å². The quantitative estimate of drug-likeness (QED) is 0.732. The van der Waals surface area contributed by atoms with Gasteiger partial charge in [0, 0.05) is 23.0 Å². The van der Waals surface area contributed by atoms with Crippen molar-refractivity contribution in [2.45, 2.75) is 47.0 Å². The van der Waals surface area contributed by atoms with Crippen LogP contribution in [0.5, 0.6) is 0 Å². The number of Topliss-reactive ketones (excluding diaryl/α,β-unsaturated/α-hetero) is 2. The highest BCUT2D eigenvalue weighted by molar-refractivity contribution is 6.02. The number of fused-ring (bicyclic) bond motifs is 1. The number of ketones is 2. The lowest BCUT2D eigenvalue weighted by Gasteiger charge is -2.30. The molecule has 0 spiro atoms. The van der Waals surface area contributed by atoms with Crippen molar-refractivity contribution in [2.24, 2.45) is 11.8 Å². The van der Waals surface area contributed by atoms with Crippen molar-refractivity contribution >= 4 is 11.6 Å². The Bertz CT molecular complexity index is 452. The fraction of sp³-hybridized carbons (Fsp3) is 0.600. The Morgan fingerprint density at radius 1 is 1.12 bits per heavy atom. The summed E-state index contributed by atoms with van der Waals surface area (Å²) in [6.45, 7) is 7.32. The molecule has 0 aromatic heterocycles. The maximum absolute atomic E-state index is 11.8. The highest BCUT2D eigenvalue weighted by atomic mass is 16.1. The molecule has 0 amide bonds. The minimum atomic E-state index is -0.00523. The van der Waals surface area contributed by atoms with Crippen LogP contribution in [-0.4, -0.2) is 11.6 Å². The highest BCUT2D eigenvalue weighted by Crippen LogP contribution is 2.47. The summed E-state index contributed by atoms with van der Waals surface area (Å²) in [5.41, 5.74) is 4.32. The molecule has 17 heavy (non-hydrogen) atoms. The third-order valence-corrected chi connectivity index (χ3v) is 4.28. The number of carbonyl (C=O) groups excluding carboxylic acids is 2. The second kappa shape index (κ2) is 4.25. The molecule has 1 saturated carbocycles. The number of hydrogen-bond acceptors (Lipinski definition) is 2. The highest BCUT2D eigenvalue weighted by Gasteiger charge is 2.37. The third kappa shape index (κ3) is 1.80. The molecule has 0 aromatic carbocycles. The van der Waals surface area contributed by atoms with Gasteiger partial charge in [-0.05, 0) is 40.0 Å². The molecule has 0 N–H and O–H groups in total. The summed E-state index contributed by atoms with van der Waals surface area (Å²) in [5, 5.41) is 0. The van der Waals surface area contributed by atoms with Crippen LogP contribution in [0.25, 0.3) is 0 Å². The average molecular weight is 232 g/mol. The van der Waals surface area contributed by atoms with Crippen LogP contribution in [0, 0.1) is 11.8 Å². The Kier molecular flexibility index (Phi) is 3.07. The van der Waals surface area contributed by atoms with Crippen LogP contribution in [0.4, 0.5) is 0 Å². The van der Waals surface area contributed by atoms with Crippen molar-refractivity contribution in [3.63, 3.8) is 0 Å². The van der Waals surface area contributed by atoms with Gasteiger partial charge >= 0.3 is 0 Å². The van der Waals surface area contributed by atoms with E-state index < -0.39 is 0 Å². The standard InChI is InChI=1S/C15H20O2/c1-8-12-6-5-7-13(12)15(11(4)17)9(2)14(8)10(3)16/h9,12H,5-7H2,1-4H3. The smallest absolute Gasteiger partial charge is 0.156 e. The first-order chi connectivity index (χ1) is 7.95. The molecule has 2 atom stereocenters. The summed E-state index contributed by atoms with van der Waals surface area (Å²) < 4.78 is 0. The van der Waals surface area contributed by atoms with Crippen molar-refractivity contribution in [1.82, 2.24) is 0 Å². The summed E-state index contributed by atoms with van der Waals surface area (Å²) in [4.78, 5) is 23.6. The zero-order chi connectivity index (χ0) is 12.7. The minimum absolute atomic E-state index is 0.00523. The number of hydrogen-bond donors (Lipinski definition) is 0. The van der Waals surface area contributed by atoms with Crippen molar-refractivity contribution in [3.8, 4) is 0 Å². The van der Waals surface area contributed by atoms with E-state index in [0.717, 1.165) is 30.4 Å². The van der Waals surface area contributed by atoms with Crippen molar-refractivity contribution in [3.05, 3.63) is 22.3 Å². The molecule has 2 aliphatic rings. The maximum atomic E-state index is 11.8. The van der Waals surface area contributed by atoms with Gasteiger partial charge in [0.05, 0.1) is 0 Å². The van der Waals surface area contributed by atoms with Gasteiger partial charge in [-0.15, -0.1) is 0 Å². The van der Waals surface area contributed by atoms with E-state index in [-0.39, 0.29) is 17.5 Å². The van der Waals surface area contributed by atoms with Crippen LogP contribution in [0.15, 0.2) is 22.3 Å². The van der Waals surface area contributed by atoms with E-state index in [2.05, 4.69) is 6.92 Å². The SMILES string of the molecule is CC(=O)C1=C(C)C2CCCC2=C(C(C)=O)C1C. The Morgan fingerprint density at radius 2 is 1.71 bits per heavy atom. The summed E-state index contributed by atoms with van der Waals surface area (Å²) >= 11 is 0. The second-order valence-corrected chi connectivity index (χ2v) is 5.31. The molecule has 0 aliphatic heterocycles. The topological polar surface area (TPSA) is 34.1 Å². The van der Waals surface area contributed by atoms with Gasteiger partial charge in [0.25, 0.3) is 0 Å². The molecule has 92 valence electrons. The van der Waals surface area contributed by atoms with Crippen LogP contribution >= 0.6 is 0 Å². The third-order valence-electron chi connectivity index (χ3n) is 4.28.